The molecule has 2 N–H and O–H groups in total. The van der Waals surface area contributed by atoms with Crippen LogP contribution in [0.15, 0.2) is 35.1 Å². The maximum Gasteiger partial charge on any atom is 0.257 e. The number of methoxy groups -OCH3 is 1. The molecule has 0 spiro atoms. The number of anilines is 1. The third kappa shape index (κ3) is 2.85. The largest absolute Gasteiger partial charge is 0.388 e. The number of rotatable bonds is 6. The summed E-state index contributed by atoms with van der Waals surface area (Å²) in [6.07, 6.45) is 0.639. The Hall–Kier alpha value is -3.03. The molecule has 0 amide bonds. The number of nitrogens with one attached hydrogen (secondary N) is 1. The van der Waals surface area contributed by atoms with Crippen molar-refractivity contribution >= 4 is 22.9 Å². The number of pyridine rings is 2. The van der Waals surface area contributed by atoms with Crippen LogP contribution in [0, 0.1) is 0 Å². The van der Waals surface area contributed by atoms with Crippen molar-refractivity contribution in [3.05, 3.63) is 57.4 Å². The molecule has 1 unspecified atom stereocenters. The van der Waals surface area contributed by atoms with Gasteiger partial charge < -0.3 is 19.7 Å². The number of hydrogen-bond acceptors (Lipinski definition) is 6. The van der Waals surface area contributed by atoms with Crippen LogP contribution in [0.1, 0.15) is 30.0 Å². The molecule has 2 aromatic heterocycles. The zero-order valence-electron chi connectivity index (χ0n) is 16.7. The summed E-state index contributed by atoms with van der Waals surface area (Å²) in [5, 5.41) is 15.0. The van der Waals surface area contributed by atoms with Crippen LogP contribution in [0.2, 0.25) is 0 Å². The summed E-state index contributed by atoms with van der Waals surface area (Å²) in [6.45, 7) is 2.10. The predicted molar refractivity (Wildman–Crippen MR) is 111 cm³/mol. The maximum atomic E-state index is 13.3. The molecule has 0 saturated carbocycles. The van der Waals surface area contributed by atoms with Gasteiger partial charge in [0.2, 0.25) is 0 Å². The van der Waals surface area contributed by atoms with E-state index in [1.54, 1.807) is 17.6 Å². The van der Waals surface area contributed by atoms with Crippen molar-refractivity contribution in [2.24, 2.45) is 0 Å². The first kappa shape index (κ1) is 19.3. The van der Waals surface area contributed by atoms with Crippen LogP contribution in [-0.4, -0.2) is 35.1 Å². The lowest BCUT2D eigenvalue weighted by atomic mass is 9.89. The SMILES string of the molecule is CCC(O)(C=O)c1cc2n(c(=O)c1COC)Cc1cc3c(NC)cccc3nc1-2. The number of hydrogen-bond donors (Lipinski definition) is 2. The second-order valence-electron chi connectivity index (χ2n) is 7.26. The number of carbonyl (C=O) groups is 1. The summed E-state index contributed by atoms with van der Waals surface area (Å²) >= 11 is 0. The normalized spacial score (nSPS) is 14.3. The van der Waals surface area contributed by atoms with Gasteiger partial charge in [-0.1, -0.05) is 13.0 Å². The molecular weight excluding hydrogens is 370 g/mol. The smallest absolute Gasteiger partial charge is 0.257 e. The summed E-state index contributed by atoms with van der Waals surface area (Å²) in [7, 11) is 3.34. The van der Waals surface area contributed by atoms with Crippen molar-refractivity contribution in [1.29, 1.82) is 0 Å². The minimum Gasteiger partial charge on any atom is -0.388 e. The summed E-state index contributed by atoms with van der Waals surface area (Å²) in [6, 6.07) is 9.57. The number of ether oxygens (including phenoxy) is 1. The molecule has 4 rings (SSSR count). The van der Waals surface area contributed by atoms with E-state index in [1.165, 1.54) is 7.11 Å². The number of carbonyl (C=O) groups excluding carboxylic acids is 1. The fourth-order valence-corrected chi connectivity index (χ4v) is 4.02. The summed E-state index contributed by atoms with van der Waals surface area (Å²) in [5.74, 6) is 0. The molecule has 1 aliphatic heterocycles. The quantitative estimate of drug-likeness (QED) is 0.489. The van der Waals surface area contributed by atoms with E-state index in [1.807, 2.05) is 31.3 Å². The van der Waals surface area contributed by atoms with E-state index in [4.69, 9.17) is 9.72 Å². The van der Waals surface area contributed by atoms with Gasteiger partial charge >= 0.3 is 0 Å². The van der Waals surface area contributed by atoms with Gasteiger partial charge in [0.1, 0.15) is 5.60 Å². The lowest BCUT2D eigenvalue weighted by molar-refractivity contribution is -0.125. The maximum absolute atomic E-state index is 13.3. The van der Waals surface area contributed by atoms with Crippen molar-refractivity contribution in [1.82, 2.24) is 9.55 Å². The van der Waals surface area contributed by atoms with Gasteiger partial charge in [-0.25, -0.2) is 4.98 Å². The molecule has 0 saturated heterocycles. The lowest BCUT2D eigenvalue weighted by Gasteiger charge is -2.24. The van der Waals surface area contributed by atoms with E-state index in [9.17, 15) is 14.7 Å². The third-order valence-electron chi connectivity index (χ3n) is 5.67. The lowest BCUT2D eigenvalue weighted by Crippen LogP contribution is -2.34. The molecule has 29 heavy (non-hydrogen) atoms. The molecule has 3 heterocycles. The highest BCUT2D eigenvalue weighted by atomic mass is 16.5. The third-order valence-corrected chi connectivity index (χ3v) is 5.67. The van der Waals surface area contributed by atoms with Crippen molar-refractivity contribution in [2.75, 3.05) is 19.5 Å². The number of aldehydes is 1. The van der Waals surface area contributed by atoms with E-state index < -0.39 is 5.60 Å². The minimum absolute atomic E-state index is 0.0141. The number of benzene rings is 1. The van der Waals surface area contributed by atoms with Gasteiger partial charge in [0.25, 0.3) is 5.56 Å². The number of aromatic nitrogens is 2. The van der Waals surface area contributed by atoms with Crippen LogP contribution in [0.4, 0.5) is 5.69 Å². The standard InChI is InChI=1S/C22H23N3O4/c1-4-22(28,12-26)16-9-19-20-13(10-25(19)21(27)15(16)11-29-3)8-14-17(23-2)6-5-7-18(14)24-20/h5-9,12,23,28H,4,10-11H2,1-3H3. The first-order valence-electron chi connectivity index (χ1n) is 9.53. The highest BCUT2D eigenvalue weighted by Gasteiger charge is 2.34. The molecule has 3 aromatic rings. The molecule has 1 aliphatic rings. The van der Waals surface area contributed by atoms with Crippen LogP contribution in [0.25, 0.3) is 22.3 Å². The first-order chi connectivity index (χ1) is 14.0. The van der Waals surface area contributed by atoms with Crippen molar-refractivity contribution in [3.8, 4) is 11.4 Å². The molecule has 0 bridgehead atoms. The fraction of sp³-hybridized carbons (Fsp3) is 0.318. The minimum atomic E-state index is -1.75. The molecule has 150 valence electrons. The van der Waals surface area contributed by atoms with Crippen LogP contribution >= 0.6 is 0 Å². The predicted octanol–water partition coefficient (Wildman–Crippen LogP) is 2.41. The first-order valence-corrected chi connectivity index (χ1v) is 9.53. The Labute approximate surface area is 168 Å². The van der Waals surface area contributed by atoms with Crippen molar-refractivity contribution < 1.29 is 14.6 Å². The van der Waals surface area contributed by atoms with E-state index in [-0.39, 0.29) is 24.2 Å². The van der Waals surface area contributed by atoms with Gasteiger partial charge in [0.15, 0.2) is 6.29 Å². The second-order valence-corrected chi connectivity index (χ2v) is 7.26. The molecular formula is C22H23N3O4. The van der Waals surface area contributed by atoms with Gasteiger partial charge in [-0.05, 0) is 30.7 Å². The van der Waals surface area contributed by atoms with Gasteiger partial charge in [-0.3, -0.25) is 9.59 Å². The Morgan fingerprint density at radius 1 is 1.38 bits per heavy atom. The highest BCUT2D eigenvalue weighted by Crippen LogP contribution is 2.36. The molecule has 1 aromatic carbocycles. The van der Waals surface area contributed by atoms with Crippen LogP contribution < -0.4 is 10.9 Å². The van der Waals surface area contributed by atoms with E-state index in [0.717, 1.165) is 22.2 Å². The summed E-state index contributed by atoms with van der Waals surface area (Å²) in [4.78, 5) is 29.7. The topological polar surface area (TPSA) is 93.5 Å². The average molecular weight is 393 g/mol. The monoisotopic (exact) mass is 393 g/mol. The zero-order chi connectivity index (χ0) is 20.8. The second kappa shape index (κ2) is 7.09. The van der Waals surface area contributed by atoms with Gasteiger partial charge in [-0.2, -0.15) is 0 Å². The Morgan fingerprint density at radius 3 is 2.83 bits per heavy atom. The Bertz CT molecular complexity index is 1180. The Kier molecular flexibility index (Phi) is 4.72. The van der Waals surface area contributed by atoms with Gasteiger partial charge in [-0.15, -0.1) is 0 Å². The van der Waals surface area contributed by atoms with E-state index >= 15 is 0 Å². The molecule has 0 aliphatic carbocycles. The Balaban J connectivity index is 2.01. The summed E-state index contributed by atoms with van der Waals surface area (Å²) < 4.78 is 6.83. The molecule has 7 heteroatoms. The van der Waals surface area contributed by atoms with Crippen LogP contribution in [-0.2, 0) is 28.3 Å². The molecule has 1 atom stereocenters. The highest BCUT2D eigenvalue weighted by molar-refractivity contribution is 5.94. The zero-order valence-corrected chi connectivity index (χ0v) is 16.7. The van der Waals surface area contributed by atoms with Crippen LogP contribution in [0.5, 0.6) is 0 Å². The van der Waals surface area contributed by atoms with Crippen molar-refractivity contribution in [2.45, 2.75) is 32.1 Å². The molecule has 0 radical (unpaired) electrons. The van der Waals surface area contributed by atoms with E-state index in [2.05, 4.69) is 5.32 Å². The summed E-state index contributed by atoms with van der Waals surface area (Å²) in [5.41, 5.74) is 2.54. The molecule has 7 nitrogen and oxygen atoms in total. The fourth-order valence-electron chi connectivity index (χ4n) is 4.02. The molecule has 0 fully saturated rings. The number of fused-ring (bicyclic) bond motifs is 4. The number of nitrogens with zero attached hydrogens (tertiary/aromatic N) is 2. The van der Waals surface area contributed by atoms with Gasteiger partial charge in [0, 0.05) is 41.9 Å². The van der Waals surface area contributed by atoms with Crippen LogP contribution in [0.3, 0.4) is 0 Å². The average Bonchev–Trinajstić information content (AvgIpc) is 3.11. The number of aliphatic hydroxyl groups is 1. The van der Waals surface area contributed by atoms with Crippen molar-refractivity contribution in [3.63, 3.8) is 0 Å². The Morgan fingerprint density at radius 2 is 2.17 bits per heavy atom. The van der Waals surface area contributed by atoms with E-state index in [0.29, 0.717) is 29.8 Å². The van der Waals surface area contributed by atoms with Gasteiger partial charge in [0.05, 0.1) is 30.1 Å².